The lowest BCUT2D eigenvalue weighted by Crippen LogP contribution is -2.48. The van der Waals surface area contributed by atoms with Gasteiger partial charge in [0.15, 0.2) is 0 Å². The average Bonchev–Trinajstić information content (AvgIpc) is 3.43. The summed E-state index contributed by atoms with van der Waals surface area (Å²) in [6.07, 6.45) is 2.90. The monoisotopic (exact) mass is 626 g/mol. The van der Waals surface area contributed by atoms with E-state index in [1.165, 1.54) is 18.8 Å². The molecule has 0 atom stereocenters. The minimum absolute atomic E-state index is 0.0735. The molecule has 44 heavy (non-hydrogen) atoms. The standard InChI is InChI=1S/C31H33F3N6O3S/c1-38(44(42,43)27-5-3-2-4-24(27)31(32,33)34)21-28-36-25-7-6-22(20-26(25)37-28)29(41)40-18-12-30(13-19-40)10-16-39(17-11-30)23-8-14-35-15-9-23/h2-9,14-15,20H,10-13,16-19,21H2,1H3,(H,36,37). The third-order valence-corrected chi connectivity index (χ3v) is 10.9. The summed E-state index contributed by atoms with van der Waals surface area (Å²) >= 11 is 0. The molecule has 4 heterocycles. The molecular formula is C31H33F3N6O3S. The molecule has 0 saturated carbocycles. The second-order valence-corrected chi connectivity index (χ2v) is 13.7. The molecule has 0 unspecified atom stereocenters. The zero-order valence-electron chi connectivity index (χ0n) is 24.2. The Morgan fingerprint density at radius 2 is 1.64 bits per heavy atom. The van der Waals surface area contributed by atoms with Crippen molar-refractivity contribution in [1.82, 2.24) is 24.2 Å². The fourth-order valence-electron chi connectivity index (χ4n) is 6.32. The van der Waals surface area contributed by atoms with Crippen LogP contribution in [0.15, 0.2) is 71.9 Å². The highest BCUT2D eigenvalue weighted by molar-refractivity contribution is 7.89. The van der Waals surface area contributed by atoms with Crippen LogP contribution in [0.4, 0.5) is 18.9 Å². The van der Waals surface area contributed by atoms with E-state index in [2.05, 4.69) is 19.9 Å². The number of nitrogens with one attached hydrogen (secondary N) is 1. The lowest BCUT2D eigenvalue weighted by molar-refractivity contribution is -0.139. The molecule has 6 rings (SSSR count). The van der Waals surface area contributed by atoms with Gasteiger partial charge in [0.1, 0.15) is 5.82 Å². The summed E-state index contributed by atoms with van der Waals surface area (Å²) in [5.41, 5.74) is 1.78. The highest BCUT2D eigenvalue weighted by Crippen LogP contribution is 2.42. The maximum absolute atomic E-state index is 13.5. The first kappa shape index (κ1) is 30.1. The van der Waals surface area contributed by atoms with Crippen LogP contribution in [0.25, 0.3) is 11.0 Å². The van der Waals surface area contributed by atoms with Gasteiger partial charge in [0.05, 0.1) is 28.0 Å². The molecule has 1 N–H and O–H groups in total. The Morgan fingerprint density at radius 3 is 2.32 bits per heavy atom. The molecule has 232 valence electrons. The highest BCUT2D eigenvalue weighted by atomic mass is 32.2. The van der Waals surface area contributed by atoms with Crippen LogP contribution in [0, 0.1) is 5.41 Å². The Kier molecular flexibility index (Phi) is 7.87. The van der Waals surface area contributed by atoms with Gasteiger partial charge in [-0.15, -0.1) is 0 Å². The van der Waals surface area contributed by atoms with Gasteiger partial charge in [-0.1, -0.05) is 12.1 Å². The van der Waals surface area contributed by atoms with Gasteiger partial charge in [-0.25, -0.2) is 13.4 Å². The molecular weight excluding hydrogens is 593 g/mol. The maximum atomic E-state index is 13.5. The Hall–Kier alpha value is -3.97. The first-order valence-corrected chi connectivity index (χ1v) is 15.9. The summed E-state index contributed by atoms with van der Waals surface area (Å²) in [5.74, 6) is 0.175. The van der Waals surface area contributed by atoms with E-state index in [1.54, 1.807) is 18.2 Å². The summed E-state index contributed by atoms with van der Waals surface area (Å²) in [6.45, 7) is 3.06. The number of nitrogens with zero attached hydrogens (tertiary/aromatic N) is 5. The molecule has 0 aliphatic carbocycles. The lowest BCUT2D eigenvalue weighted by Gasteiger charge is -2.47. The summed E-state index contributed by atoms with van der Waals surface area (Å²) in [4.78, 5) is 28.5. The number of benzene rings is 2. The van der Waals surface area contributed by atoms with Crippen molar-refractivity contribution < 1.29 is 26.4 Å². The number of H-pyrrole nitrogens is 1. The Bertz CT molecular complexity index is 1760. The van der Waals surface area contributed by atoms with E-state index in [0.717, 1.165) is 61.3 Å². The van der Waals surface area contributed by atoms with Crippen molar-refractivity contribution in [3.05, 3.63) is 83.9 Å². The third kappa shape index (κ3) is 5.90. The molecule has 0 radical (unpaired) electrons. The van der Waals surface area contributed by atoms with Crippen LogP contribution in [0.2, 0.25) is 0 Å². The van der Waals surface area contributed by atoms with E-state index in [4.69, 9.17) is 0 Å². The van der Waals surface area contributed by atoms with Crippen LogP contribution in [0.3, 0.4) is 0 Å². The number of carbonyl (C=O) groups excluding carboxylic acids is 1. The molecule has 2 fully saturated rings. The molecule has 9 nitrogen and oxygen atoms in total. The van der Waals surface area contributed by atoms with Crippen molar-refractivity contribution in [1.29, 1.82) is 0 Å². The fourth-order valence-corrected chi connectivity index (χ4v) is 7.66. The first-order valence-electron chi connectivity index (χ1n) is 14.5. The molecule has 4 aromatic rings. The third-order valence-electron chi connectivity index (χ3n) is 8.99. The van der Waals surface area contributed by atoms with Crippen LogP contribution in [0.1, 0.15) is 47.4 Å². The highest BCUT2D eigenvalue weighted by Gasteiger charge is 2.40. The normalized spacial score (nSPS) is 17.5. The van der Waals surface area contributed by atoms with Crippen LogP contribution in [-0.2, 0) is 22.7 Å². The Balaban J connectivity index is 1.10. The number of hydrogen-bond acceptors (Lipinski definition) is 6. The second kappa shape index (κ2) is 11.5. The van der Waals surface area contributed by atoms with Crippen molar-refractivity contribution in [2.45, 2.75) is 43.3 Å². The van der Waals surface area contributed by atoms with Crippen LogP contribution in [-0.4, -0.2) is 71.7 Å². The Labute approximate surface area is 253 Å². The lowest BCUT2D eigenvalue weighted by atomic mass is 9.71. The van der Waals surface area contributed by atoms with Gasteiger partial charge in [-0.2, -0.15) is 17.5 Å². The zero-order valence-corrected chi connectivity index (χ0v) is 25.0. The van der Waals surface area contributed by atoms with E-state index in [0.29, 0.717) is 29.7 Å². The first-order chi connectivity index (χ1) is 21.0. The number of anilines is 1. The molecule has 2 saturated heterocycles. The summed E-state index contributed by atoms with van der Waals surface area (Å²) in [7, 11) is -3.26. The molecule has 2 aliphatic rings. The van der Waals surface area contributed by atoms with E-state index in [-0.39, 0.29) is 23.7 Å². The van der Waals surface area contributed by atoms with Crippen LogP contribution in [0.5, 0.6) is 0 Å². The number of pyridine rings is 1. The van der Waals surface area contributed by atoms with E-state index < -0.39 is 26.7 Å². The molecule has 2 aromatic heterocycles. The van der Waals surface area contributed by atoms with E-state index in [1.807, 2.05) is 29.4 Å². The number of fused-ring (bicyclic) bond motifs is 1. The van der Waals surface area contributed by atoms with Crippen molar-refractivity contribution in [2.75, 3.05) is 38.1 Å². The molecule has 1 amide bonds. The van der Waals surface area contributed by atoms with Crippen molar-refractivity contribution in [3.63, 3.8) is 0 Å². The van der Waals surface area contributed by atoms with Crippen molar-refractivity contribution in [3.8, 4) is 0 Å². The van der Waals surface area contributed by atoms with Crippen molar-refractivity contribution in [2.24, 2.45) is 5.41 Å². The van der Waals surface area contributed by atoms with Gasteiger partial charge in [-0.3, -0.25) is 9.78 Å². The topological polar surface area (TPSA) is 102 Å². The van der Waals surface area contributed by atoms with Gasteiger partial charge < -0.3 is 14.8 Å². The smallest absolute Gasteiger partial charge is 0.371 e. The van der Waals surface area contributed by atoms with E-state index >= 15 is 0 Å². The number of likely N-dealkylation sites (tertiary alicyclic amines) is 1. The molecule has 2 aliphatic heterocycles. The zero-order chi connectivity index (χ0) is 31.1. The number of piperidine rings is 2. The summed E-state index contributed by atoms with van der Waals surface area (Å²) in [5, 5.41) is 0. The number of aromatic amines is 1. The largest absolute Gasteiger partial charge is 0.417 e. The average molecular weight is 627 g/mol. The fraction of sp³-hybridized carbons (Fsp3) is 0.387. The number of halogens is 3. The number of rotatable bonds is 6. The predicted octanol–water partition coefficient (Wildman–Crippen LogP) is 5.32. The number of aromatic nitrogens is 3. The van der Waals surface area contributed by atoms with Gasteiger partial charge >= 0.3 is 6.18 Å². The summed E-state index contributed by atoms with van der Waals surface area (Å²) < 4.78 is 67.4. The predicted molar refractivity (Wildman–Crippen MR) is 159 cm³/mol. The number of amides is 1. The quantitative estimate of drug-likeness (QED) is 0.311. The Morgan fingerprint density at radius 1 is 0.977 bits per heavy atom. The van der Waals surface area contributed by atoms with Crippen LogP contribution < -0.4 is 4.90 Å². The van der Waals surface area contributed by atoms with E-state index in [9.17, 15) is 26.4 Å². The maximum Gasteiger partial charge on any atom is 0.417 e. The van der Waals surface area contributed by atoms with Crippen molar-refractivity contribution >= 4 is 32.7 Å². The molecule has 1 spiro atoms. The number of alkyl halides is 3. The summed E-state index contributed by atoms with van der Waals surface area (Å²) in [6, 6.07) is 13.3. The van der Waals surface area contributed by atoms with Gasteiger partial charge in [0.2, 0.25) is 10.0 Å². The number of carbonyl (C=O) groups is 1. The molecule has 0 bridgehead atoms. The number of hydrogen-bond donors (Lipinski definition) is 1. The number of sulfonamides is 1. The van der Waals surface area contributed by atoms with Gasteiger partial charge in [0, 0.05) is 56.9 Å². The number of imidazole rings is 1. The molecule has 2 aromatic carbocycles. The van der Waals surface area contributed by atoms with Gasteiger partial charge in [-0.05, 0) is 73.6 Å². The second-order valence-electron chi connectivity index (χ2n) is 11.7. The van der Waals surface area contributed by atoms with Crippen LogP contribution >= 0.6 is 0 Å². The minimum Gasteiger partial charge on any atom is -0.371 e. The SMILES string of the molecule is CN(Cc1nc2ccc(C(=O)N3CCC4(CC3)CCN(c3ccncc3)CC4)cc2[nH]1)S(=O)(=O)c1ccccc1C(F)(F)F. The molecule has 13 heteroatoms. The van der Waals surface area contributed by atoms with Gasteiger partial charge in [0.25, 0.3) is 5.91 Å². The minimum atomic E-state index is -4.82.